The molecule has 0 radical (unpaired) electrons. The van der Waals surface area contributed by atoms with E-state index in [1.165, 1.54) is 38.5 Å². The Labute approximate surface area is 202 Å². The maximum Gasteiger partial charge on any atom is 0.330 e. The second-order valence-corrected chi connectivity index (χ2v) is 13.5. The van der Waals surface area contributed by atoms with Gasteiger partial charge in [0.05, 0.1) is 6.10 Å². The molecule has 0 spiro atoms. The lowest BCUT2D eigenvalue weighted by molar-refractivity contribution is -0.132. The fourth-order valence-electron chi connectivity index (χ4n) is 9.48. The van der Waals surface area contributed by atoms with E-state index in [1.807, 2.05) is 6.08 Å². The number of allylic oxidation sites excluding steroid dienone is 3. The van der Waals surface area contributed by atoms with E-state index in [4.69, 9.17) is 5.11 Å². The molecule has 0 heterocycles. The summed E-state index contributed by atoms with van der Waals surface area (Å²) in [7, 11) is 0. The minimum Gasteiger partial charge on any atom is -0.478 e. The molecule has 4 rings (SSSR count). The number of carboxylic acid groups (broad SMARTS) is 1. The van der Waals surface area contributed by atoms with Crippen LogP contribution >= 0.6 is 0 Å². The molecule has 0 aromatic heterocycles. The third-order valence-corrected chi connectivity index (χ3v) is 11.9. The predicted octanol–water partition coefficient (Wildman–Crippen LogP) is 7.54. The van der Waals surface area contributed by atoms with Crippen LogP contribution in [0.15, 0.2) is 22.8 Å². The highest BCUT2D eigenvalue weighted by atomic mass is 16.4. The SMILES string of the molecule is C/C(=C/CC[C@H](C)[C@@H]1CC[C@]2(C)C3=C(CC[C@@]12C)[C@@]1(C)CC[C@H](O)C(C)(C)[C@@H]1CC3)C(=O)O. The molecular weight excluding hydrogens is 408 g/mol. The van der Waals surface area contributed by atoms with E-state index in [-0.39, 0.29) is 16.9 Å². The Morgan fingerprint density at radius 1 is 1.03 bits per heavy atom. The summed E-state index contributed by atoms with van der Waals surface area (Å²) in [5.41, 5.74) is 4.95. The molecule has 33 heavy (non-hydrogen) atoms. The van der Waals surface area contributed by atoms with Crippen LogP contribution in [-0.4, -0.2) is 22.3 Å². The summed E-state index contributed by atoms with van der Waals surface area (Å²) in [6.45, 7) is 16.5. The average molecular weight is 457 g/mol. The quantitative estimate of drug-likeness (QED) is 0.332. The van der Waals surface area contributed by atoms with E-state index in [9.17, 15) is 9.90 Å². The number of hydrogen-bond acceptors (Lipinski definition) is 2. The molecule has 2 saturated carbocycles. The normalized spacial score (nSPS) is 43.5. The fourth-order valence-corrected chi connectivity index (χ4v) is 9.48. The zero-order valence-corrected chi connectivity index (χ0v) is 22.3. The first-order chi connectivity index (χ1) is 15.3. The molecule has 4 aliphatic carbocycles. The molecule has 0 aromatic rings. The maximum absolute atomic E-state index is 11.1. The molecule has 0 unspecified atom stereocenters. The highest BCUT2D eigenvalue weighted by Gasteiger charge is 2.63. The lowest BCUT2D eigenvalue weighted by Gasteiger charge is -2.62. The molecule has 0 aliphatic heterocycles. The van der Waals surface area contributed by atoms with Gasteiger partial charge in [-0.3, -0.25) is 0 Å². The summed E-state index contributed by atoms with van der Waals surface area (Å²) >= 11 is 0. The van der Waals surface area contributed by atoms with Crippen LogP contribution in [0.2, 0.25) is 0 Å². The molecule has 186 valence electrons. The number of fused-ring (bicyclic) bond motifs is 4. The predicted molar refractivity (Wildman–Crippen MR) is 135 cm³/mol. The van der Waals surface area contributed by atoms with Crippen molar-refractivity contribution in [3.8, 4) is 0 Å². The first-order valence-electron chi connectivity index (χ1n) is 13.6. The van der Waals surface area contributed by atoms with Crippen molar-refractivity contribution < 1.29 is 15.0 Å². The molecule has 0 saturated heterocycles. The van der Waals surface area contributed by atoms with Crippen molar-refractivity contribution >= 4 is 5.97 Å². The van der Waals surface area contributed by atoms with Crippen LogP contribution in [0.1, 0.15) is 113 Å². The van der Waals surface area contributed by atoms with Crippen LogP contribution in [0.4, 0.5) is 0 Å². The van der Waals surface area contributed by atoms with E-state index in [0.717, 1.165) is 25.7 Å². The smallest absolute Gasteiger partial charge is 0.330 e. The van der Waals surface area contributed by atoms with Gasteiger partial charge in [0.25, 0.3) is 0 Å². The van der Waals surface area contributed by atoms with Crippen molar-refractivity contribution in [2.24, 2.45) is 39.4 Å². The van der Waals surface area contributed by atoms with Crippen LogP contribution in [-0.2, 0) is 4.79 Å². The van der Waals surface area contributed by atoms with Crippen LogP contribution in [0.25, 0.3) is 0 Å². The Morgan fingerprint density at radius 2 is 1.73 bits per heavy atom. The molecule has 0 bridgehead atoms. The lowest BCUT2D eigenvalue weighted by Crippen LogP contribution is -2.55. The van der Waals surface area contributed by atoms with Gasteiger partial charge in [-0.05, 0) is 111 Å². The summed E-state index contributed by atoms with van der Waals surface area (Å²) in [5.74, 6) is 1.12. The molecule has 0 amide bonds. The Hall–Kier alpha value is -1.09. The monoisotopic (exact) mass is 456 g/mol. The van der Waals surface area contributed by atoms with Gasteiger partial charge >= 0.3 is 5.97 Å². The Morgan fingerprint density at radius 3 is 2.39 bits per heavy atom. The van der Waals surface area contributed by atoms with E-state index >= 15 is 0 Å². The van der Waals surface area contributed by atoms with Crippen LogP contribution in [0.3, 0.4) is 0 Å². The highest BCUT2D eigenvalue weighted by molar-refractivity contribution is 5.85. The summed E-state index contributed by atoms with van der Waals surface area (Å²) in [4.78, 5) is 11.1. The van der Waals surface area contributed by atoms with Gasteiger partial charge in [0.1, 0.15) is 0 Å². The van der Waals surface area contributed by atoms with Gasteiger partial charge in [0, 0.05) is 5.57 Å². The zero-order valence-electron chi connectivity index (χ0n) is 22.3. The Balaban J connectivity index is 1.60. The van der Waals surface area contributed by atoms with Crippen molar-refractivity contribution in [1.29, 1.82) is 0 Å². The van der Waals surface area contributed by atoms with Gasteiger partial charge in [-0.1, -0.05) is 58.8 Å². The molecule has 7 atom stereocenters. The van der Waals surface area contributed by atoms with Gasteiger partial charge in [-0.2, -0.15) is 0 Å². The molecule has 3 nitrogen and oxygen atoms in total. The summed E-state index contributed by atoms with van der Waals surface area (Å²) in [6.07, 6.45) is 13.3. The van der Waals surface area contributed by atoms with Crippen molar-refractivity contribution in [1.82, 2.24) is 0 Å². The molecular formula is C30H48O3. The third-order valence-electron chi connectivity index (χ3n) is 11.9. The van der Waals surface area contributed by atoms with Gasteiger partial charge < -0.3 is 10.2 Å². The first kappa shape index (κ1) is 25.0. The van der Waals surface area contributed by atoms with E-state index < -0.39 is 5.97 Å². The zero-order chi connectivity index (χ0) is 24.4. The standard InChI is InChI=1S/C30H48O3/c1-19(9-8-10-20(2)26(32)33)21-13-17-30(7)23-11-12-24-27(3,4)25(31)15-16-28(24,5)22(23)14-18-29(21,30)6/h10,19,21,24-25,31H,8-9,11-18H2,1-7H3,(H,32,33)/b20-10-/t19-,21-,24-,25-,28+,29-,30+/m0/s1. The minimum atomic E-state index is -0.794. The van der Waals surface area contributed by atoms with Gasteiger partial charge in [-0.15, -0.1) is 0 Å². The van der Waals surface area contributed by atoms with Crippen LogP contribution in [0, 0.1) is 39.4 Å². The second kappa shape index (κ2) is 8.25. The van der Waals surface area contributed by atoms with Crippen molar-refractivity contribution in [2.45, 2.75) is 119 Å². The number of aliphatic carboxylic acids is 1. The number of rotatable bonds is 5. The minimum absolute atomic E-state index is 0.00150. The number of aliphatic hydroxyl groups is 1. The molecule has 2 fully saturated rings. The number of aliphatic hydroxyl groups excluding tert-OH is 1. The number of carboxylic acids is 1. The maximum atomic E-state index is 11.1. The lowest BCUT2D eigenvalue weighted by atomic mass is 9.43. The second-order valence-electron chi connectivity index (χ2n) is 13.5. The molecule has 2 N–H and O–H groups in total. The Kier molecular flexibility index (Phi) is 6.25. The van der Waals surface area contributed by atoms with Crippen molar-refractivity contribution in [3.63, 3.8) is 0 Å². The summed E-state index contributed by atoms with van der Waals surface area (Å²) in [5, 5.41) is 20.0. The summed E-state index contributed by atoms with van der Waals surface area (Å²) < 4.78 is 0. The fraction of sp³-hybridized carbons (Fsp3) is 0.833. The highest BCUT2D eigenvalue weighted by Crippen LogP contribution is 2.72. The number of carbonyl (C=O) groups is 1. The largest absolute Gasteiger partial charge is 0.478 e. The van der Waals surface area contributed by atoms with Crippen LogP contribution in [0.5, 0.6) is 0 Å². The van der Waals surface area contributed by atoms with Gasteiger partial charge in [0.2, 0.25) is 0 Å². The Bertz CT molecular complexity index is 866. The molecule has 3 heteroatoms. The average Bonchev–Trinajstić information content (AvgIpc) is 3.02. The first-order valence-corrected chi connectivity index (χ1v) is 13.6. The van der Waals surface area contributed by atoms with Crippen LogP contribution < -0.4 is 0 Å². The topological polar surface area (TPSA) is 57.5 Å². The molecule has 4 aliphatic rings. The summed E-state index contributed by atoms with van der Waals surface area (Å²) in [6, 6.07) is 0. The van der Waals surface area contributed by atoms with Gasteiger partial charge in [-0.25, -0.2) is 4.79 Å². The van der Waals surface area contributed by atoms with Crippen molar-refractivity contribution in [2.75, 3.05) is 0 Å². The van der Waals surface area contributed by atoms with E-state index in [0.29, 0.717) is 34.2 Å². The third kappa shape index (κ3) is 3.58. The molecule has 0 aromatic carbocycles. The number of hydrogen-bond donors (Lipinski definition) is 2. The van der Waals surface area contributed by atoms with E-state index in [2.05, 4.69) is 41.5 Å². The van der Waals surface area contributed by atoms with Gasteiger partial charge in [0.15, 0.2) is 0 Å². The van der Waals surface area contributed by atoms with E-state index in [1.54, 1.807) is 18.1 Å². The van der Waals surface area contributed by atoms with Crippen molar-refractivity contribution in [3.05, 3.63) is 22.8 Å².